The molecule has 0 bridgehead atoms. The largest absolute Gasteiger partial charge is 0.480 e. The third-order valence-electron chi connectivity index (χ3n) is 3.30. The molecule has 2 aliphatic rings. The fourth-order valence-corrected chi connectivity index (χ4v) is 2.97. The first kappa shape index (κ1) is 12.9. The second-order valence-corrected chi connectivity index (χ2v) is 5.89. The standard InChI is InChI=1S/C12H14BrNO2S/c13-9-2-3-10(17)8(6-9)7-12(11(15)16)4-1-5-14-12/h2,6,14H,1,3-5,7H2,(H,15,16)/t12-/m0/s1. The molecule has 0 aromatic carbocycles. The van der Waals surface area contributed by atoms with Crippen molar-refractivity contribution < 1.29 is 9.90 Å². The summed E-state index contributed by atoms with van der Waals surface area (Å²) in [7, 11) is 0. The number of halogens is 1. The van der Waals surface area contributed by atoms with Crippen molar-refractivity contribution in [3.63, 3.8) is 0 Å². The van der Waals surface area contributed by atoms with Gasteiger partial charge in [0.25, 0.3) is 0 Å². The van der Waals surface area contributed by atoms with Crippen LogP contribution < -0.4 is 5.32 Å². The fraction of sp³-hybridized carbons (Fsp3) is 0.500. The molecule has 92 valence electrons. The Morgan fingerprint density at radius 1 is 1.65 bits per heavy atom. The van der Waals surface area contributed by atoms with E-state index in [2.05, 4.69) is 21.2 Å². The van der Waals surface area contributed by atoms with Gasteiger partial charge in [0.1, 0.15) is 5.54 Å². The van der Waals surface area contributed by atoms with Gasteiger partial charge in [-0.2, -0.15) is 0 Å². The van der Waals surface area contributed by atoms with Gasteiger partial charge < -0.3 is 10.4 Å². The summed E-state index contributed by atoms with van der Waals surface area (Å²) >= 11 is 8.71. The number of carbonyl (C=O) groups is 1. The Hall–Kier alpha value is -0.520. The lowest BCUT2D eigenvalue weighted by molar-refractivity contribution is -0.144. The monoisotopic (exact) mass is 315 g/mol. The Balaban J connectivity index is 2.21. The highest BCUT2D eigenvalue weighted by molar-refractivity contribution is 9.11. The van der Waals surface area contributed by atoms with Crippen molar-refractivity contribution in [2.45, 2.75) is 31.2 Å². The highest BCUT2D eigenvalue weighted by Gasteiger charge is 2.42. The minimum absolute atomic E-state index is 0.476. The third-order valence-corrected chi connectivity index (χ3v) is 4.28. The molecule has 0 spiro atoms. The fourth-order valence-electron chi connectivity index (χ4n) is 2.32. The first-order valence-electron chi connectivity index (χ1n) is 5.61. The van der Waals surface area contributed by atoms with E-state index < -0.39 is 11.5 Å². The topological polar surface area (TPSA) is 49.3 Å². The predicted molar refractivity (Wildman–Crippen MR) is 74.5 cm³/mol. The maximum absolute atomic E-state index is 11.4. The summed E-state index contributed by atoms with van der Waals surface area (Å²) in [6.07, 6.45) is 6.71. The van der Waals surface area contributed by atoms with Crippen LogP contribution in [0.4, 0.5) is 0 Å². The molecule has 1 aliphatic heterocycles. The van der Waals surface area contributed by atoms with Crippen molar-refractivity contribution in [2.75, 3.05) is 6.54 Å². The molecule has 1 aliphatic carbocycles. The maximum Gasteiger partial charge on any atom is 0.324 e. The highest BCUT2D eigenvalue weighted by atomic mass is 79.9. The number of rotatable bonds is 3. The van der Waals surface area contributed by atoms with Crippen LogP contribution in [-0.2, 0) is 4.79 Å². The zero-order valence-corrected chi connectivity index (χ0v) is 11.7. The van der Waals surface area contributed by atoms with E-state index in [1.165, 1.54) is 0 Å². The number of carboxylic acid groups (broad SMARTS) is 1. The van der Waals surface area contributed by atoms with Crippen LogP contribution >= 0.6 is 28.1 Å². The molecule has 2 N–H and O–H groups in total. The molecular weight excluding hydrogens is 302 g/mol. The number of hydrogen-bond donors (Lipinski definition) is 2. The first-order chi connectivity index (χ1) is 8.03. The summed E-state index contributed by atoms with van der Waals surface area (Å²) in [5.41, 5.74) is 0.145. The average Bonchev–Trinajstić information content (AvgIpc) is 2.73. The van der Waals surface area contributed by atoms with Crippen molar-refractivity contribution in [1.29, 1.82) is 0 Å². The Kier molecular flexibility index (Phi) is 3.80. The Labute approximate surface area is 114 Å². The molecule has 0 amide bonds. The Morgan fingerprint density at radius 2 is 2.41 bits per heavy atom. The quantitative estimate of drug-likeness (QED) is 0.786. The molecule has 0 saturated carbocycles. The summed E-state index contributed by atoms with van der Waals surface area (Å²) < 4.78 is 0.986. The minimum atomic E-state index is -0.819. The normalized spacial score (nSPS) is 28.9. The van der Waals surface area contributed by atoms with Gasteiger partial charge in [-0.15, -0.1) is 0 Å². The number of carboxylic acids is 1. The summed E-state index contributed by atoms with van der Waals surface area (Å²) in [4.78, 5) is 12.3. The van der Waals surface area contributed by atoms with Crippen LogP contribution in [0, 0.1) is 0 Å². The summed E-state index contributed by atoms with van der Waals surface area (Å²) in [5.74, 6) is -0.774. The zero-order valence-electron chi connectivity index (χ0n) is 9.33. The van der Waals surface area contributed by atoms with Crippen molar-refractivity contribution in [3.05, 3.63) is 22.2 Å². The number of thiocarbonyl (C=S) groups is 1. The molecule has 0 radical (unpaired) electrons. The molecule has 17 heavy (non-hydrogen) atoms. The van der Waals surface area contributed by atoms with Gasteiger partial charge in [0.2, 0.25) is 0 Å². The van der Waals surface area contributed by atoms with Crippen LogP contribution in [0.1, 0.15) is 25.7 Å². The van der Waals surface area contributed by atoms with Gasteiger partial charge >= 0.3 is 5.97 Å². The van der Waals surface area contributed by atoms with Crippen LogP contribution in [0.5, 0.6) is 0 Å². The first-order valence-corrected chi connectivity index (χ1v) is 6.81. The molecule has 0 aromatic rings. The second kappa shape index (κ2) is 5.00. The lowest BCUT2D eigenvalue weighted by Crippen LogP contribution is -2.48. The molecular formula is C12H14BrNO2S. The van der Waals surface area contributed by atoms with Gasteiger partial charge in [0.05, 0.1) is 0 Å². The summed E-state index contributed by atoms with van der Waals surface area (Å²) in [5, 5.41) is 12.5. The molecule has 2 rings (SSSR count). The van der Waals surface area contributed by atoms with Crippen LogP contribution in [0.25, 0.3) is 0 Å². The van der Waals surface area contributed by atoms with E-state index in [0.29, 0.717) is 12.8 Å². The van der Waals surface area contributed by atoms with E-state index in [-0.39, 0.29) is 0 Å². The van der Waals surface area contributed by atoms with Crippen LogP contribution in [0.2, 0.25) is 0 Å². The second-order valence-electron chi connectivity index (χ2n) is 4.48. The lowest BCUT2D eigenvalue weighted by Gasteiger charge is -2.27. The lowest BCUT2D eigenvalue weighted by atomic mass is 9.86. The highest BCUT2D eigenvalue weighted by Crippen LogP contribution is 2.31. The van der Waals surface area contributed by atoms with Crippen molar-refractivity contribution in [2.24, 2.45) is 0 Å². The number of allylic oxidation sites excluding steroid dienone is 3. The van der Waals surface area contributed by atoms with E-state index >= 15 is 0 Å². The molecule has 1 fully saturated rings. The average molecular weight is 316 g/mol. The Bertz CT molecular complexity index is 422. The van der Waals surface area contributed by atoms with Gasteiger partial charge in [-0.05, 0) is 31.0 Å². The molecule has 1 atom stereocenters. The van der Waals surface area contributed by atoms with E-state index in [4.69, 9.17) is 12.2 Å². The molecule has 5 heteroatoms. The van der Waals surface area contributed by atoms with Gasteiger partial charge in [-0.1, -0.05) is 34.2 Å². The number of hydrogen-bond acceptors (Lipinski definition) is 3. The van der Waals surface area contributed by atoms with E-state index in [1.807, 2.05) is 12.2 Å². The Morgan fingerprint density at radius 3 is 3.00 bits per heavy atom. The molecule has 1 saturated heterocycles. The van der Waals surface area contributed by atoms with Crippen molar-refractivity contribution >= 4 is 39.0 Å². The number of nitrogens with one attached hydrogen (secondary N) is 1. The van der Waals surface area contributed by atoms with Gasteiger partial charge in [-0.3, -0.25) is 4.79 Å². The molecule has 0 aromatic heterocycles. The molecule has 1 heterocycles. The van der Waals surface area contributed by atoms with Crippen molar-refractivity contribution in [1.82, 2.24) is 5.32 Å². The van der Waals surface area contributed by atoms with Gasteiger partial charge in [0.15, 0.2) is 0 Å². The van der Waals surface area contributed by atoms with Gasteiger partial charge in [0, 0.05) is 22.2 Å². The third kappa shape index (κ3) is 2.67. The summed E-state index contributed by atoms with van der Waals surface area (Å²) in [6.45, 7) is 0.767. The minimum Gasteiger partial charge on any atom is -0.480 e. The zero-order chi connectivity index (χ0) is 12.5. The maximum atomic E-state index is 11.4. The van der Waals surface area contributed by atoms with Crippen LogP contribution in [0.3, 0.4) is 0 Å². The summed E-state index contributed by atoms with van der Waals surface area (Å²) in [6, 6.07) is 0. The number of aliphatic carboxylic acids is 1. The van der Waals surface area contributed by atoms with E-state index in [9.17, 15) is 9.90 Å². The van der Waals surface area contributed by atoms with E-state index in [1.54, 1.807) is 0 Å². The molecule has 0 unspecified atom stereocenters. The molecule has 3 nitrogen and oxygen atoms in total. The van der Waals surface area contributed by atoms with Crippen LogP contribution in [-0.4, -0.2) is 28.0 Å². The van der Waals surface area contributed by atoms with Crippen molar-refractivity contribution in [3.8, 4) is 0 Å². The van der Waals surface area contributed by atoms with Gasteiger partial charge in [-0.25, -0.2) is 0 Å². The van der Waals surface area contributed by atoms with Crippen LogP contribution in [0.15, 0.2) is 22.2 Å². The van der Waals surface area contributed by atoms with E-state index in [0.717, 1.165) is 34.3 Å². The predicted octanol–water partition coefficient (Wildman–Crippen LogP) is 2.56. The smallest absolute Gasteiger partial charge is 0.324 e. The SMILES string of the molecule is O=C(O)[C@@]1(CC2=CC(Br)=CCC2=S)CCCN1.